The summed E-state index contributed by atoms with van der Waals surface area (Å²) in [5.74, 6) is -0.470. The highest BCUT2D eigenvalue weighted by molar-refractivity contribution is 5.97. The van der Waals surface area contributed by atoms with Gasteiger partial charge in [-0.25, -0.2) is 9.31 Å². The number of rotatable bonds is 2. The summed E-state index contributed by atoms with van der Waals surface area (Å²) in [5.41, 5.74) is 3.33. The molecule has 2 heterocycles. The fraction of sp³-hybridized carbons (Fsp3) is 0.227. The van der Waals surface area contributed by atoms with Crippen molar-refractivity contribution >= 4 is 22.5 Å². The lowest BCUT2D eigenvalue weighted by Crippen LogP contribution is -2.15. The van der Waals surface area contributed by atoms with Crippen LogP contribution in [0.1, 0.15) is 46.9 Å². The third-order valence-electron chi connectivity index (χ3n) is 5.41. The van der Waals surface area contributed by atoms with Crippen LogP contribution in [0.4, 0.5) is 0 Å². The van der Waals surface area contributed by atoms with Crippen LogP contribution >= 0.6 is 0 Å². The van der Waals surface area contributed by atoms with E-state index in [4.69, 9.17) is 4.74 Å². The van der Waals surface area contributed by atoms with Gasteiger partial charge < -0.3 is 9.72 Å². The zero-order valence-corrected chi connectivity index (χ0v) is 15.2. The molecule has 1 aliphatic carbocycles. The molecule has 0 radical (unpaired) electrons. The number of hydrogen-bond acceptors (Lipinski definition) is 4. The number of nitrogens with one attached hydrogen (secondary N) is 1. The van der Waals surface area contributed by atoms with Crippen LogP contribution in [0.2, 0.25) is 0 Å². The molecule has 6 heteroatoms. The Kier molecular flexibility index (Phi) is 3.97. The van der Waals surface area contributed by atoms with Crippen LogP contribution in [0, 0.1) is 0 Å². The Morgan fingerprint density at radius 3 is 2.86 bits per heavy atom. The second kappa shape index (κ2) is 6.64. The van der Waals surface area contributed by atoms with Crippen LogP contribution in [0.25, 0.3) is 16.6 Å². The Hall–Kier alpha value is -3.41. The number of benzene rings is 2. The van der Waals surface area contributed by atoms with Gasteiger partial charge >= 0.3 is 5.97 Å². The van der Waals surface area contributed by atoms with Gasteiger partial charge in [0.1, 0.15) is 11.7 Å². The second-order valence-corrected chi connectivity index (χ2v) is 7.13. The maximum atomic E-state index is 13.0. The molecular formula is C22H19N3O3. The first-order valence-corrected chi connectivity index (χ1v) is 9.50. The second-order valence-electron chi connectivity index (χ2n) is 7.13. The minimum Gasteiger partial charge on any atom is -0.454 e. The molecule has 1 N–H and O–H groups in total. The number of aromatic nitrogens is 3. The summed E-state index contributed by atoms with van der Waals surface area (Å²) >= 11 is 0. The van der Waals surface area contributed by atoms with Crippen LogP contribution in [-0.4, -0.2) is 20.6 Å². The fourth-order valence-corrected chi connectivity index (χ4v) is 4.02. The van der Waals surface area contributed by atoms with E-state index in [9.17, 15) is 9.59 Å². The highest BCUT2D eigenvalue weighted by Crippen LogP contribution is 2.32. The maximum absolute atomic E-state index is 13.0. The van der Waals surface area contributed by atoms with E-state index in [1.54, 1.807) is 22.7 Å². The van der Waals surface area contributed by atoms with E-state index < -0.39 is 5.97 Å². The summed E-state index contributed by atoms with van der Waals surface area (Å²) in [7, 11) is 0. The van der Waals surface area contributed by atoms with Gasteiger partial charge in [-0.05, 0) is 48.9 Å². The number of H-pyrrole nitrogens is 1. The summed E-state index contributed by atoms with van der Waals surface area (Å²) in [4.78, 5) is 28.2. The van der Waals surface area contributed by atoms with Gasteiger partial charge in [0.15, 0.2) is 5.65 Å². The van der Waals surface area contributed by atoms with E-state index in [0.29, 0.717) is 16.6 Å². The SMILES string of the molecule is O=C(OC1CCCCc2ccccc21)c1cnn2c1[nH]c(=O)c1ccccc12. The zero-order valence-electron chi connectivity index (χ0n) is 15.2. The molecular weight excluding hydrogens is 354 g/mol. The average molecular weight is 373 g/mol. The van der Waals surface area contributed by atoms with Gasteiger partial charge in [-0.3, -0.25) is 4.79 Å². The summed E-state index contributed by atoms with van der Waals surface area (Å²) in [5, 5.41) is 4.83. The molecule has 0 aliphatic heterocycles. The molecule has 140 valence electrons. The molecule has 4 aromatic rings. The van der Waals surface area contributed by atoms with Gasteiger partial charge in [-0.2, -0.15) is 5.10 Å². The molecule has 1 unspecified atom stereocenters. The first-order chi connectivity index (χ1) is 13.7. The van der Waals surface area contributed by atoms with Crippen molar-refractivity contribution in [3.63, 3.8) is 0 Å². The minimum atomic E-state index is -0.470. The molecule has 0 saturated heterocycles. The molecule has 0 amide bonds. The van der Waals surface area contributed by atoms with Crippen molar-refractivity contribution in [3.05, 3.63) is 81.8 Å². The van der Waals surface area contributed by atoms with Crippen LogP contribution in [0.3, 0.4) is 0 Å². The minimum absolute atomic E-state index is 0.252. The molecule has 6 nitrogen and oxygen atoms in total. The van der Waals surface area contributed by atoms with Crippen LogP contribution in [0.15, 0.2) is 59.5 Å². The van der Waals surface area contributed by atoms with Crippen molar-refractivity contribution in [2.24, 2.45) is 0 Å². The van der Waals surface area contributed by atoms with Gasteiger partial charge in [0.25, 0.3) is 5.56 Å². The van der Waals surface area contributed by atoms with E-state index >= 15 is 0 Å². The van der Waals surface area contributed by atoms with Crippen LogP contribution < -0.4 is 5.56 Å². The Balaban J connectivity index is 1.54. The van der Waals surface area contributed by atoms with E-state index in [1.165, 1.54) is 11.8 Å². The predicted octanol–water partition coefficient (Wildman–Crippen LogP) is 3.80. The third-order valence-corrected chi connectivity index (χ3v) is 5.41. The van der Waals surface area contributed by atoms with Crippen LogP contribution in [0.5, 0.6) is 0 Å². The Morgan fingerprint density at radius 1 is 1.11 bits per heavy atom. The van der Waals surface area contributed by atoms with Crippen LogP contribution in [-0.2, 0) is 11.2 Å². The lowest BCUT2D eigenvalue weighted by Gasteiger charge is -2.18. The molecule has 0 fully saturated rings. The molecule has 1 aliphatic rings. The Bertz CT molecular complexity index is 1250. The number of carbonyl (C=O) groups excluding carboxylic acids is 1. The smallest absolute Gasteiger partial charge is 0.344 e. The molecule has 0 spiro atoms. The first-order valence-electron chi connectivity index (χ1n) is 9.50. The van der Waals surface area contributed by atoms with Gasteiger partial charge in [-0.1, -0.05) is 36.4 Å². The summed E-state index contributed by atoms with van der Waals surface area (Å²) in [6.45, 7) is 0. The number of ether oxygens (including phenoxy) is 1. The zero-order chi connectivity index (χ0) is 19.1. The molecule has 0 saturated carbocycles. The lowest BCUT2D eigenvalue weighted by atomic mass is 10.0. The summed E-state index contributed by atoms with van der Waals surface area (Å²) in [6.07, 6.45) is 5.06. The molecule has 2 aromatic carbocycles. The lowest BCUT2D eigenvalue weighted by molar-refractivity contribution is 0.0278. The highest BCUT2D eigenvalue weighted by atomic mass is 16.5. The number of aryl methyl sites for hydroxylation is 1. The van der Waals surface area contributed by atoms with Crippen molar-refractivity contribution in [1.82, 2.24) is 14.6 Å². The number of nitrogens with zero attached hydrogens (tertiary/aromatic N) is 2. The Labute approximate surface area is 160 Å². The van der Waals surface area contributed by atoms with Crippen molar-refractivity contribution in [3.8, 4) is 0 Å². The van der Waals surface area contributed by atoms with Crippen molar-refractivity contribution in [2.45, 2.75) is 31.8 Å². The van der Waals surface area contributed by atoms with E-state index in [-0.39, 0.29) is 17.2 Å². The average Bonchev–Trinajstić information content (AvgIpc) is 3.04. The van der Waals surface area contributed by atoms with Crippen molar-refractivity contribution in [1.29, 1.82) is 0 Å². The van der Waals surface area contributed by atoms with Crippen molar-refractivity contribution < 1.29 is 9.53 Å². The number of carbonyl (C=O) groups is 1. The molecule has 1 atom stereocenters. The normalized spacial score (nSPS) is 16.6. The number of aromatic amines is 1. The van der Waals surface area contributed by atoms with Gasteiger partial charge in [0.2, 0.25) is 0 Å². The number of fused-ring (bicyclic) bond motifs is 4. The molecule has 5 rings (SSSR count). The van der Waals surface area contributed by atoms with Gasteiger partial charge in [0.05, 0.1) is 17.1 Å². The highest BCUT2D eigenvalue weighted by Gasteiger charge is 2.25. The first kappa shape index (κ1) is 16.7. The van der Waals surface area contributed by atoms with E-state index in [2.05, 4.69) is 16.1 Å². The quantitative estimate of drug-likeness (QED) is 0.428. The molecule has 0 bridgehead atoms. The topological polar surface area (TPSA) is 76.5 Å². The van der Waals surface area contributed by atoms with Gasteiger partial charge in [-0.15, -0.1) is 0 Å². The largest absolute Gasteiger partial charge is 0.454 e. The number of hydrogen-bond donors (Lipinski definition) is 1. The monoisotopic (exact) mass is 373 g/mol. The standard InChI is InChI=1S/C22H19N3O3/c26-21-16-10-4-5-11-18(16)25-20(24-21)17(13-23-25)22(27)28-19-12-6-2-8-14-7-1-3-9-15(14)19/h1,3-5,7,9-11,13,19H,2,6,8,12H2,(H,24,26). The van der Waals surface area contributed by atoms with Gasteiger partial charge in [0, 0.05) is 0 Å². The number of esters is 1. The molecule has 28 heavy (non-hydrogen) atoms. The van der Waals surface area contributed by atoms with E-state index in [1.807, 2.05) is 24.3 Å². The van der Waals surface area contributed by atoms with Crippen molar-refractivity contribution in [2.75, 3.05) is 0 Å². The summed E-state index contributed by atoms with van der Waals surface area (Å²) in [6, 6.07) is 15.3. The third kappa shape index (κ3) is 2.69. The fourth-order valence-electron chi connectivity index (χ4n) is 4.02. The Morgan fingerprint density at radius 2 is 1.93 bits per heavy atom. The van der Waals surface area contributed by atoms with E-state index in [0.717, 1.165) is 31.2 Å². The number of para-hydroxylation sites is 1. The summed E-state index contributed by atoms with van der Waals surface area (Å²) < 4.78 is 7.47. The maximum Gasteiger partial charge on any atom is 0.344 e. The predicted molar refractivity (Wildman–Crippen MR) is 105 cm³/mol. The molecule has 2 aromatic heterocycles.